The van der Waals surface area contributed by atoms with Crippen LogP contribution in [-0.4, -0.2) is 36.3 Å². The number of carbonyl (C=O) groups is 2. The number of nitrogens with zero attached hydrogens (tertiary/aromatic N) is 1. The average Bonchev–Trinajstić information content (AvgIpc) is 3.20. The Morgan fingerprint density at radius 2 is 1.85 bits per heavy atom. The summed E-state index contributed by atoms with van der Waals surface area (Å²) in [6, 6.07) is 11.9. The smallest absolute Gasteiger partial charge is 0.253 e. The van der Waals surface area contributed by atoms with Gasteiger partial charge in [0.15, 0.2) is 0 Å². The quantitative estimate of drug-likeness (QED) is 0.863. The summed E-state index contributed by atoms with van der Waals surface area (Å²) in [7, 11) is 0. The van der Waals surface area contributed by atoms with E-state index in [1.54, 1.807) is 11.3 Å². The van der Waals surface area contributed by atoms with E-state index in [1.165, 1.54) is 4.88 Å². The summed E-state index contributed by atoms with van der Waals surface area (Å²) in [5, 5.41) is 5.06. The molecule has 0 unspecified atom stereocenters. The van der Waals surface area contributed by atoms with E-state index in [2.05, 4.69) is 30.6 Å². The first-order valence-corrected chi connectivity index (χ1v) is 10.1. The maximum absolute atomic E-state index is 12.7. The fourth-order valence-electron chi connectivity index (χ4n) is 3.20. The van der Waals surface area contributed by atoms with E-state index in [4.69, 9.17) is 0 Å². The van der Waals surface area contributed by atoms with Crippen molar-refractivity contribution in [3.8, 4) is 10.4 Å². The molecule has 0 aliphatic carbocycles. The van der Waals surface area contributed by atoms with Crippen LogP contribution in [0.2, 0.25) is 0 Å². The largest absolute Gasteiger partial charge is 0.356 e. The highest BCUT2D eigenvalue weighted by molar-refractivity contribution is 7.13. The van der Waals surface area contributed by atoms with E-state index in [1.807, 2.05) is 35.2 Å². The number of nitrogens with one attached hydrogen (secondary N) is 1. The van der Waals surface area contributed by atoms with E-state index in [0.717, 1.165) is 18.4 Å². The standard InChI is InChI=1S/C21H26N2O2S/c1-15(2)14-22-20(24)17-9-11-23(12-10-17)21(25)18-7-5-16(6-8-18)19-4-3-13-26-19/h3-8,13,15,17H,9-12,14H2,1-2H3,(H,22,24). The number of likely N-dealkylation sites (tertiary alicyclic amines) is 1. The first kappa shape index (κ1) is 18.6. The Hall–Kier alpha value is -2.14. The first-order chi connectivity index (χ1) is 12.5. The van der Waals surface area contributed by atoms with E-state index in [0.29, 0.717) is 31.1 Å². The zero-order valence-corrected chi connectivity index (χ0v) is 16.2. The topological polar surface area (TPSA) is 49.4 Å². The molecule has 2 heterocycles. The summed E-state index contributed by atoms with van der Waals surface area (Å²) in [5.74, 6) is 0.673. The number of carbonyl (C=O) groups excluding carboxylic acids is 2. The van der Waals surface area contributed by atoms with Gasteiger partial charge in [-0.1, -0.05) is 32.0 Å². The van der Waals surface area contributed by atoms with E-state index < -0.39 is 0 Å². The minimum Gasteiger partial charge on any atom is -0.356 e. The number of rotatable bonds is 5. The average molecular weight is 371 g/mol. The summed E-state index contributed by atoms with van der Waals surface area (Å²) in [4.78, 5) is 28.0. The fraction of sp³-hybridized carbons (Fsp3) is 0.429. The number of thiophene rings is 1. The van der Waals surface area contributed by atoms with Gasteiger partial charge >= 0.3 is 0 Å². The lowest BCUT2D eigenvalue weighted by molar-refractivity contribution is -0.126. The second kappa shape index (κ2) is 8.49. The number of amides is 2. The molecular weight excluding hydrogens is 344 g/mol. The van der Waals surface area contributed by atoms with E-state index in [9.17, 15) is 9.59 Å². The van der Waals surface area contributed by atoms with Gasteiger partial charge < -0.3 is 10.2 Å². The van der Waals surface area contributed by atoms with Gasteiger partial charge in [0, 0.05) is 36.0 Å². The van der Waals surface area contributed by atoms with E-state index >= 15 is 0 Å². The van der Waals surface area contributed by atoms with Crippen molar-refractivity contribution < 1.29 is 9.59 Å². The summed E-state index contributed by atoms with van der Waals surface area (Å²) in [6.07, 6.45) is 1.48. The van der Waals surface area contributed by atoms with Gasteiger partial charge in [0.1, 0.15) is 0 Å². The maximum atomic E-state index is 12.7. The normalized spacial score (nSPS) is 15.3. The Bertz CT molecular complexity index is 730. The second-order valence-corrected chi connectivity index (χ2v) is 8.21. The Morgan fingerprint density at radius 1 is 1.15 bits per heavy atom. The third kappa shape index (κ3) is 4.52. The van der Waals surface area contributed by atoms with Crippen LogP contribution in [0, 0.1) is 11.8 Å². The van der Waals surface area contributed by atoms with E-state index in [-0.39, 0.29) is 17.7 Å². The van der Waals surface area contributed by atoms with Crippen molar-refractivity contribution in [2.45, 2.75) is 26.7 Å². The second-order valence-electron chi connectivity index (χ2n) is 7.26. The molecule has 1 aliphatic rings. The highest BCUT2D eigenvalue weighted by Crippen LogP contribution is 2.25. The van der Waals surface area contributed by atoms with Gasteiger partial charge in [0.2, 0.25) is 5.91 Å². The number of hydrogen-bond donors (Lipinski definition) is 1. The first-order valence-electron chi connectivity index (χ1n) is 9.25. The lowest BCUT2D eigenvalue weighted by Gasteiger charge is -2.31. The Balaban J connectivity index is 1.54. The Kier molecular flexibility index (Phi) is 6.09. The highest BCUT2D eigenvalue weighted by atomic mass is 32.1. The van der Waals surface area contributed by atoms with Crippen LogP contribution in [0.25, 0.3) is 10.4 Å². The predicted molar refractivity (Wildman–Crippen MR) is 106 cm³/mol. The molecule has 1 N–H and O–H groups in total. The Morgan fingerprint density at radius 3 is 2.42 bits per heavy atom. The summed E-state index contributed by atoms with van der Waals surface area (Å²) < 4.78 is 0. The summed E-state index contributed by atoms with van der Waals surface area (Å²) >= 11 is 1.69. The molecule has 5 heteroatoms. The van der Waals surface area contributed by atoms with Gasteiger partial charge in [-0.25, -0.2) is 0 Å². The fourth-order valence-corrected chi connectivity index (χ4v) is 3.93. The molecular formula is C21H26N2O2S. The van der Waals surface area contributed by atoms with Gasteiger partial charge in [-0.15, -0.1) is 11.3 Å². The van der Waals surface area contributed by atoms with Gasteiger partial charge in [0.05, 0.1) is 0 Å². The Labute approximate surface area is 159 Å². The molecule has 1 aromatic heterocycles. The lowest BCUT2D eigenvalue weighted by Crippen LogP contribution is -2.43. The number of hydrogen-bond acceptors (Lipinski definition) is 3. The van der Waals surface area contributed by atoms with Crippen molar-refractivity contribution in [1.82, 2.24) is 10.2 Å². The van der Waals surface area contributed by atoms with Crippen LogP contribution in [-0.2, 0) is 4.79 Å². The van der Waals surface area contributed by atoms with Crippen LogP contribution in [0.15, 0.2) is 41.8 Å². The van der Waals surface area contributed by atoms with Crippen molar-refractivity contribution >= 4 is 23.2 Å². The minimum atomic E-state index is 0.0269. The molecule has 4 nitrogen and oxygen atoms in total. The van der Waals surface area contributed by atoms with Crippen LogP contribution in [0.1, 0.15) is 37.0 Å². The van der Waals surface area contributed by atoms with Gasteiger partial charge in [-0.3, -0.25) is 9.59 Å². The van der Waals surface area contributed by atoms with Crippen LogP contribution >= 0.6 is 11.3 Å². The minimum absolute atomic E-state index is 0.0269. The monoisotopic (exact) mass is 370 g/mol. The zero-order chi connectivity index (χ0) is 18.5. The number of benzene rings is 1. The molecule has 138 valence electrons. The zero-order valence-electron chi connectivity index (χ0n) is 15.4. The third-order valence-electron chi connectivity index (χ3n) is 4.78. The van der Waals surface area contributed by atoms with Crippen molar-refractivity contribution in [2.75, 3.05) is 19.6 Å². The molecule has 26 heavy (non-hydrogen) atoms. The van der Waals surface area contributed by atoms with Gasteiger partial charge in [-0.2, -0.15) is 0 Å². The van der Waals surface area contributed by atoms with Crippen LogP contribution in [0.4, 0.5) is 0 Å². The highest BCUT2D eigenvalue weighted by Gasteiger charge is 2.27. The molecule has 1 fully saturated rings. The SMILES string of the molecule is CC(C)CNC(=O)C1CCN(C(=O)c2ccc(-c3cccs3)cc2)CC1. The van der Waals surface area contributed by atoms with Gasteiger partial charge in [0.25, 0.3) is 5.91 Å². The molecule has 1 aromatic carbocycles. The maximum Gasteiger partial charge on any atom is 0.253 e. The van der Waals surface area contributed by atoms with Crippen LogP contribution in [0.5, 0.6) is 0 Å². The molecule has 1 aliphatic heterocycles. The molecule has 3 rings (SSSR count). The molecule has 0 radical (unpaired) electrons. The number of piperidine rings is 1. The summed E-state index contributed by atoms with van der Waals surface area (Å²) in [6.45, 7) is 6.18. The van der Waals surface area contributed by atoms with Crippen molar-refractivity contribution in [3.05, 3.63) is 47.3 Å². The third-order valence-corrected chi connectivity index (χ3v) is 5.69. The summed E-state index contributed by atoms with van der Waals surface area (Å²) in [5.41, 5.74) is 1.85. The molecule has 1 saturated heterocycles. The molecule has 0 atom stereocenters. The molecule has 2 amide bonds. The van der Waals surface area contributed by atoms with Crippen molar-refractivity contribution in [2.24, 2.45) is 11.8 Å². The van der Waals surface area contributed by atoms with Crippen LogP contribution < -0.4 is 5.32 Å². The molecule has 0 spiro atoms. The predicted octanol–water partition coefficient (Wildman–Crippen LogP) is 4.04. The van der Waals surface area contributed by atoms with Crippen LogP contribution in [0.3, 0.4) is 0 Å². The van der Waals surface area contributed by atoms with Gasteiger partial charge in [-0.05, 0) is 47.9 Å². The van der Waals surface area contributed by atoms with Crippen molar-refractivity contribution in [3.63, 3.8) is 0 Å². The molecule has 2 aromatic rings. The molecule has 0 saturated carbocycles. The van der Waals surface area contributed by atoms with Crippen molar-refractivity contribution in [1.29, 1.82) is 0 Å². The molecule has 0 bridgehead atoms. The lowest BCUT2D eigenvalue weighted by atomic mass is 9.95.